The molecule has 1 N–H and O–H groups in total. The van der Waals surface area contributed by atoms with Gasteiger partial charge >= 0.3 is 0 Å². The zero-order chi connectivity index (χ0) is 29.5. The molecule has 3 aromatic rings. The molecule has 5 rings (SSSR count). The van der Waals surface area contributed by atoms with E-state index in [2.05, 4.69) is 26.5 Å². The normalized spacial score (nSPS) is 16.4. The van der Waals surface area contributed by atoms with Crippen LogP contribution in [0.4, 0.5) is 0 Å². The lowest BCUT2D eigenvalue weighted by atomic mass is 10.0. The molecular formula is C32H34N6O4. The zero-order valence-corrected chi connectivity index (χ0v) is 23.7. The maximum absolute atomic E-state index is 13.0. The molecule has 2 aromatic carbocycles. The number of rotatable bonds is 8. The van der Waals surface area contributed by atoms with E-state index in [4.69, 9.17) is 10.00 Å². The van der Waals surface area contributed by atoms with E-state index in [0.717, 1.165) is 38.0 Å². The average Bonchev–Trinajstić information content (AvgIpc) is 3.03. The summed E-state index contributed by atoms with van der Waals surface area (Å²) in [6, 6.07) is 20.0. The number of Topliss-reactive ketones (excluding diaryl/α,β-unsaturated/α-hetero) is 1. The van der Waals surface area contributed by atoms with Gasteiger partial charge in [-0.1, -0.05) is 12.1 Å². The van der Waals surface area contributed by atoms with E-state index in [-0.39, 0.29) is 41.1 Å². The van der Waals surface area contributed by atoms with Crippen molar-refractivity contribution in [2.45, 2.75) is 51.3 Å². The monoisotopic (exact) mass is 566 g/mol. The van der Waals surface area contributed by atoms with Gasteiger partial charge in [-0.25, -0.2) is 0 Å². The van der Waals surface area contributed by atoms with Gasteiger partial charge in [-0.2, -0.15) is 5.26 Å². The van der Waals surface area contributed by atoms with Crippen LogP contribution in [0.1, 0.15) is 75.1 Å². The number of ketones is 1. The van der Waals surface area contributed by atoms with Crippen LogP contribution >= 0.6 is 0 Å². The van der Waals surface area contributed by atoms with Crippen molar-refractivity contribution in [1.82, 2.24) is 25.3 Å². The summed E-state index contributed by atoms with van der Waals surface area (Å²) in [5.41, 5.74) is 2.86. The van der Waals surface area contributed by atoms with Gasteiger partial charge in [-0.15, -0.1) is 10.2 Å². The molecule has 216 valence electrons. The van der Waals surface area contributed by atoms with Crippen molar-refractivity contribution < 1.29 is 19.1 Å². The minimum atomic E-state index is -0.290. The fraction of sp³-hybridized carbons (Fsp3) is 0.375. The highest BCUT2D eigenvalue weighted by Crippen LogP contribution is 2.21. The molecular weight excluding hydrogens is 532 g/mol. The van der Waals surface area contributed by atoms with Gasteiger partial charge in [0.2, 0.25) is 0 Å². The lowest BCUT2D eigenvalue weighted by Gasteiger charge is -2.32. The number of aromatic nitrogens is 2. The molecule has 2 amide bonds. The van der Waals surface area contributed by atoms with Crippen LogP contribution in [0.15, 0.2) is 60.7 Å². The van der Waals surface area contributed by atoms with Gasteiger partial charge in [-0.3, -0.25) is 19.3 Å². The van der Waals surface area contributed by atoms with Crippen LogP contribution < -0.4 is 10.1 Å². The van der Waals surface area contributed by atoms with Crippen molar-refractivity contribution in [3.05, 3.63) is 88.7 Å². The third-order valence-electron chi connectivity index (χ3n) is 7.82. The van der Waals surface area contributed by atoms with E-state index in [1.165, 1.54) is 6.92 Å². The number of likely N-dealkylation sites (tertiary alicyclic amines) is 2. The smallest absolute Gasteiger partial charge is 0.274 e. The molecule has 0 atom stereocenters. The number of piperidine rings is 2. The Morgan fingerprint density at radius 3 is 2.12 bits per heavy atom. The first-order valence-corrected chi connectivity index (χ1v) is 14.3. The molecule has 1 aromatic heterocycles. The molecule has 2 aliphatic rings. The van der Waals surface area contributed by atoms with Crippen molar-refractivity contribution >= 4 is 17.6 Å². The van der Waals surface area contributed by atoms with Crippen LogP contribution in [0.25, 0.3) is 0 Å². The molecule has 0 radical (unpaired) electrons. The van der Waals surface area contributed by atoms with E-state index in [1.54, 1.807) is 41.3 Å². The van der Waals surface area contributed by atoms with Crippen LogP contribution in [-0.4, -0.2) is 75.9 Å². The maximum atomic E-state index is 13.0. The van der Waals surface area contributed by atoms with Crippen molar-refractivity contribution in [3.8, 4) is 11.8 Å². The standard InChI is InChI=1S/C32H34N6O4/c1-22(39)25-6-8-27(9-7-25)42-28-14-18-38(19-15-28)32(41)30-11-10-29(35-36-30)31(40)34-26-12-16-37(17-13-26)21-24-4-2-23(20-33)3-5-24/h2-11,26,28H,12-19,21H2,1H3,(H,34,40). The van der Waals surface area contributed by atoms with Gasteiger partial charge in [0.25, 0.3) is 11.8 Å². The first-order valence-electron chi connectivity index (χ1n) is 14.3. The van der Waals surface area contributed by atoms with Gasteiger partial charge in [-0.05, 0) is 73.9 Å². The summed E-state index contributed by atoms with van der Waals surface area (Å²) in [5, 5.41) is 20.1. The summed E-state index contributed by atoms with van der Waals surface area (Å²) in [6.45, 7) is 5.12. The van der Waals surface area contributed by atoms with E-state index in [9.17, 15) is 14.4 Å². The largest absolute Gasteiger partial charge is 0.490 e. The quantitative estimate of drug-likeness (QED) is 0.410. The lowest BCUT2D eigenvalue weighted by molar-refractivity contribution is 0.0588. The van der Waals surface area contributed by atoms with Crippen LogP contribution in [0.5, 0.6) is 5.75 Å². The Bertz CT molecular complexity index is 1430. The number of hydrogen-bond donors (Lipinski definition) is 1. The summed E-state index contributed by atoms with van der Waals surface area (Å²) >= 11 is 0. The molecule has 10 heteroatoms. The number of nitriles is 1. The number of nitrogens with zero attached hydrogens (tertiary/aromatic N) is 5. The second-order valence-corrected chi connectivity index (χ2v) is 10.8. The first-order chi connectivity index (χ1) is 20.4. The third-order valence-corrected chi connectivity index (χ3v) is 7.82. The molecule has 0 bridgehead atoms. The topological polar surface area (TPSA) is 129 Å². The Hall–Kier alpha value is -4.62. The molecule has 2 fully saturated rings. The second kappa shape index (κ2) is 13.4. The lowest BCUT2D eigenvalue weighted by Crippen LogP contribution is -2.44. The molecule has 2 saturated heterocycles. The van der Waals surface area contributed by atoms with Crippen molar-refractivity contribution in [1.29, 1.82) is 5.26 Å². The number of carbonyl (C=O) groups is 3. The van der Waals surface area contributed by atoms with Crippen LogP contribution in [0.2, 0.25) is 0 Å². The number of amides is 2. The Kier molecular flexibility index (Phi) is 9.19. The molecule has 42 heavy (non-hydrogen) atoms. The SMILES string of the molecule is CC(=O)c1ccc(OC2CCN(C(=O)c3ccc(C(=O)NC4CCN(Cc5ccc(C#N)cc5)CC4)nn3)CC2)cc1. The number of hydrogen-bond acceptors (Lipinski definition) is 8. The van der Waals surface area contributed by atoms with Gasteiger partial charge in [0.1, 0.15) is 11.9 Å². The van der Waals surface area contributed by atoms with Gasteiger partial charge in [0.15, 0.2) is 17.2 Å². The van der Waals surface area contributed by atoms with Crippen LogP contribution in [0, 0.1) is 11.3 Å². The molecule has 0 spiro atoms. The molecule has 0 saturated carbocycles. The van der Waals surface area contributed by atoms with Crippen molar-refractivity contribution in [3.63, 3.8) is 0 Å². The van der Waals surface area contributed by atoms with E-state index < -0.39 is 0 Å². The summed E-state index contributed by atoms with van der Waals surface area (Å²) in [7, 11) is 0. The Labute approximate surface area is 245 Å². The fourth-order valence-corrected chi connectivity index (χ4v) is 5.30. The Balaban J connectivity index is 1.05. The minimum Gasteiger partial charge on any atom is -0.490 e. The highest BCUT2D eigenvalue weighted by molar-refractivity contribution is 5.95. The second-order valence-electron chi connectivity index (χ2n) is 10.8. The molecule has 0 aliphatic carbocycles. The average molecular weight is 567 g/mol. The predicted octanol–water partition coefficient (Wildman–Crippen LogP) is 3.63. The summed E-state index contributed by atoms with van der Waals surface area (Å²) in [4.78, 5) is 41.3. The molecule has 10 nitrogen and oxygen atoms in total. The van der Waals surface area contributed by atoms with Gasteiger partial charge in [0, 0.05) is 57.2 Å². The van der Waals surface area contributed by atoms with Gasteiger partial charge in [0.05, 0.1) is 11.6 Å². The van der Waals surface area contributed by atoms with Crippen molar-refractivity contribution in [2.75, 3.05) is 26.2 Å². The van der Waals surface area contributed by atoms with Crippen LogP contribution in [-0.2, 0) is 6.54 Å². The van der Waals surface area contributed by atoms with E-state index >= 15 is 0 Å². The Morgan fingerprint density at radius 1 is 0.881 bits per heavy atom. The molecule has 0 unspecified atom stereocenters. The summed E-state index contributed by atoms with van der Waals surface area (Å²) in [6.07, 6.45) is 3.00. The maximum Gasteiger partial charge on any atom is 0.274 e. The zero-order valence-electron chi connectivity index (χ0n) is 23.7. The van der Waals surface area contributed by atoms with Crippen molar-refractivity contribution in [2.24, 2.45) is 0 Å². The molecule has 2 aliphatic heterocycles. The Morgan fingerprint density at radius 2 is 1.52 bits per heavy atom. The van der Waals surface area contributed by atoms with Gasteiger partial charge < -0.3 is 15.0 Å². The number of carbonyl (C=O) groups excluding carboxylic acids is 3. The predicted molar refractivity (Wildman–Crippen MR) is 155 cm³/mol. The summed E-state index contributed by atoms with van der Waals surface area (Å²) < 4.78 is 6.03. The minimum absolute atomic E-state index is 0.0129. The summed E-state index contributed by atoms with van der Waals surface area (Å²) in [5.74, 6) is 0.215. The van der Waals surface area contributed by atoms with E-state index in [0.29, 0.717) is 42.8 Å². The highest BCUT2D eigenvalue weighted by Gasteiger charge is 2.27. The highest BCUT2D eigenvalue weighted by atomic mass is 16.5. The fourth-order valence-electron chi connectivity index (χ4n) is 5.30. The third kappa shape index (κ3) is 7.36. The number of nitrogens with one attached hydrogen (secondary N) is 1. The van der Waals surface area contributed by atoms with Crippen LogP contribution in [0.3, 0.4) is 0 Å². The number of benzene rings is 2. The molecule has 3 heterocycles. The number of ether oxygens (including phenoxy) is 1. The first kappa shape index (κ1) is 28.9. The van der Waals surface area contributed by atoms with E-state index in [1.807, 2.05) is 24.3 Å².